The zero-order chi connectivity index (χ0) is 14.0. The number of hydrogen-bond acceptors (Lipinski definition) is 4. The largest absolute Gasteiger partial charge is 0.385 e. The van der Waals surface area contributed by atoms with Gasteiger partial charge < -0.3 is 9.47 Å². The second-order valence-corrected chi connectivity index (χ2v) is 7.34. The maximum Gasteiger partial charge on any atom is 0.0937 e. The number of likely N-dealkylation sites (tertiary alicyclic amines) is 1. The summed E-state index contributed by atoms with van der Waals surface area (Å²) in [6.45, 7) is 7.33. The maximum absolute atomic E-state index is 6.11. The Hall–Kier alpha value is -0.420. The van der Waals surface area contributed by atoms with E-state index in [1.54, 1.807) is 7.11 Å². The maximum atomic E-state index is 6.11. The Bertz CT molecular complexity index is 439. The summed E-state index contributed by atoms with van der Waals surface area (Å²) in [5, 5.41) is 2.19. The second kappa shape index (κ2) is 6.14. The first-order valence-corrected chi connectivity index (χ1v) is 8.47. The lowest BCUT2D eigenvalue weighted by molar-refractivity contribution is -0.182. The molecule has 0 amide bonds. The van der Waals surface area contributed by atoms with E-state index in [1.165, 1.54) is 29.7 Å². The third-order valence-corrected chi connectivity index (χ3v) is 5.69. The number of nitrogens with zero attached hydrogens (tertiary/aromatic N) is 1. The summed E-state index contributed by atoms with van der Waals surface area (Å²) in [4.78, 5) is 4.03. The van der Waals surface area contributed by atoms with Gasteiger partial charge in [-0.3, -0.25) is 4.90 Å². The summed E-state index contributed by atoms with van der Waals surface area (Å²) in [5.41, 5.74) is 1.58. The summed E-state index contributed by atoms with van der Waals surface area (Å²) in [5.74, 6) is 0.786. The van der Waals surface area contributed by atoms with Crippen LogP contribution in [0.4, 0.5) is 0 Å². The van der Waals surface area contributed by atoms with Crippen molar-refractivity contribution in [2.75, 3.05) is 33.4 Å². The lowest BCUT2D eigenvalue weighted by atomic mass is 9.79. The van der Waals surface area contributed by atoms with Crippen LogP contribution < -0.4 is 0 Å². The molecule has 0 aliphatic carbocycles. The molecule has 0 radical (unpaired) electrons. The van der Waals surface area contributed by atoms with Crippen LogP contribution in [0.3, 0.4) is 0 Å². The van der Waals surface area contributed by atoms with Gasteiger partial charge in [0.05, 0.1) is 5.60 Å². The van der Waals surface area contributed by atoms with Crippen LogP contribution >= 0.6 is 11.3 Å². The first kappa shape index (κ1) is 14.5. The summed E-state index contributed by atoms with van der Waals surface area (Å²) in [7, 11) is 1.80. The van der Waals surface area contributed by atoms with E-state index in [0.29, 0.717) is 0 Å². The molecule has 4 heteroatoms. The van der Waals surface area contributed by atoms with Gasteiger partial charge in [0.15, 0.2) is 0 Å². The number of methoxy groups -OCH3 is 1. The fourth-order valence-electron chi connectivity index (χ4n) is 3.53. The zero-order valence-electron chi connectivity index (χ0n) is 12.6. The van der Waals surface area contributed by atoms with Crippen molar-refractivity contribution in [2.45, 2.75) is 38.3 Å². The molecule has 2 aliphatic heterocycles. The van der Waals surface area contributed by atoms with E-state index >= 15 is 0 Å². The van der Waals surface area contributed by atoms with E-state index in [1.807, 2.05) is 11.3 Å². The van der Waals surface area contributed by atoms with Crippen LogP contribution in [-0.2, 0) is 16.0 Å². The monoisotopic (exact) mass is 295 g/mol. The fourth-order valence-corrected chi connectivity index (χ4v) is 4.48. The van der Waals surface area contributed by atoms with Gasteiger partial charge in [0.2, 0.25) is 0 Å². The van der Waals surface area contributed by atoms with Crippen LogP contribution in [0.1, 0.15) is 29.7 Å². The van der Waals surface area contributed by atoms with E-state index < -0.39 is 0 Å². The van der Waals surface area contributed by atoms with Gasteiger partial charge in [-0.2, -0.15) is 0 Å². The SMILES string of the molecule is COCC[C@H]1CCOC2(C1)CN(Cc1sccc1C)C2. The Morgan fingerprint density at radius 2 is 2.35 bits per heavy atom. The summed E-state index contributed by atoms with van der Waals surface area (Å²) in [6.07, 6.45) is 3.61. The number of ether oxygens (including phenoxy) is 2. The van der Waals surface area contributed by atoms with Gasteiger partial charge in [-0.1, -0.05) is 0 Å². The van der Waals surface area contributed by atoms with Crippen molar-refractivity contribution in [1.82, 2.24) is 4.90 Å². The molecule has 2 fully saturated rings. The number of thiophene rings is 1. The van der Waals surface area contributed by atoms with E-state index in [4.69, 9.17) is 9.47 Å². The van der Waals surface area contributed by atoms with Crippen LogP contribution in [0.2, 0.25) is 0 Å². The third-order valence-electron chi connectivity index (χ3n) is 4.68. The Morgan fingerprint density at radius 1 is 1.50 bits per heavy atom. The Labute approximate surface area is 125 Å². The van der Waals surface area contributed by atoms with Gasteiger partial charge in [-0.25, -0.2) is 0 Å². The van der Waals surface area contributed by atoms with Crippen LogP contribution in [0.15, 0.2) is 11.4 Å². The van der Waals surface area contributed by atoms with Crippen molar-refractivity contribution in [1.29, 1.82) is 0 Å². The molecule has 3 nitrogen and oxygen atoms in total. The first-order valence-electron chi connectivity index (χ1n) is 7.59. The standard InChI is InChI=1S/C16H25NO2S/c1-13-5-8-20-15(13)10-17-11-16(12-17)9-14(3-6-18-2)4-7-19-16/h5,8,14H,3-4,6-7,9-12H2,1-2H3/t14-/m0/s1. The Kier molecular flexibility index (Phi) is 4.46. The molecule has 1 aromatic rings. The van der Waals surface area contributed by atoms with Crippen molar-refractivity contribution < 1.29 is 9.47 Å². The average Bonchev–Trinajstić information content (AvgIpc) is 2.81. The van der Waals surface area contributed by atoms with Crippen molar-refractivity contribution in [2.24, 2.45) is 5.92 Å². The van der Waals surface area contributed by atoms with Crippen molar-refractivity contribution in [3.05, 3.63) is 21.9 Å². The predicted octanol–water partition coefficient (Wildman–Crippen LogP) is 3.07. The smallest absolute Gasteiger partial charge is 0.0937 e. The van der Waals surface area contributed by atoms with Crippen molar-refractivity contribution >= 4 is 11.3 Å². The minimum Gasteiger partial charge on any atom is -0.385 e. The van der Waals surface area contributed by atoms with E-state index in [9.17, 15) is 0 Å². The quantitative estimate of drug-likeness (QED) is 0.833. The number of hydrogen-bond donors (Lipinski definition) is 0. The van der Waals surface area contributed by atoms with Gasteiger partial charge in [0, 0.05) is 44.8 Å². The lowest BCUT2D eigenvalue weighted by Crippen LogP contribution is -2.64. The number of aryl methyl sites for hydroxylation is 1. The molecule has 3 rings (SSSR count). The van der Waals surface area contributed by atoms with Gasteiger partial charge >= 0.3 is 0 Å². The zero-order valence-corrected chi connectivity index (χ0v) is 13.4. The van der Waals surface area contributed by atoms with Gasteiger partial charge in [0.25, 0.3) is 0 Å². The minimum atomic E-state index is 0.155. The highest BCUT2D eigenvalue weighted by Gasteiger charge is 2.47. The molecular formula is C16H25NO2S. The molecule has 2 saturated heterocycles. The minimum absolute atomic E-state index is 0.155. The highest BCUT2D eigenvalue weighted by Crippen LogP contribution is 2.39. The molecule has 0 unspecified atom stereocenters. The topological polar surface area (TPSA) is 21.7 Å². The molecule has 1 spiro atoms. The molecule has 0 saturated carbocycles. The molecule has 2 aliphatic rings. The molecule has 3 heterocycles. The lowest BCUT2D eigenvalue weighted by Gasteiger charge is -2.53. The van der Waals surface area contributed by atoms with Crippen LogP contribution in [-0.4, -0.2) is 43.9 Å². The van der Waals surface area contributed by atoms with Gasteiger partial charge in [-0.15, -0.1) is 11.3 Å². The molecule has 112 valence electrons. The van der Waals surface area contributed by atoms with Crippen LogP contribution in [0, 0.1) is 12.8 Å². The highest BCUT2D eigenvalue weighted by molar-refractivity contribution is 7.10. The van der Waals surface area contributed by atoms with Gasteiger partial charge in [-0.05, 0) is 49.1 Å². The summed E-state index contributed by atoms with van der Waals surface area (Å²) < 4.78 is 11.3. The molecule has 0 bridgehead atoms. The van der Waals surface area contributed by atoms with E-state index in [2.05, 4.69) is 23.3 Å². The van der Waals surface area contributed by atoms with Gasteiger partial charge in [0.1, 0.15) is 0 Å². The van der Waals surface area contributed by atoms with Crippen molar-refractivity contribution in [3.63, 3.8) is 0 Å². The summed E-state index contributed by atoms with van der Waals surface area (Å²) in [6, 6.07) is 2.22. The average molecular weight is 295 g/mol. The number of rotatable bonds is 5. The predicted molar refractivity (Wildman–Crippen MR) is 82.2 cm³/mol. The second-order valence-electron chi connectivity index (χ2n) is 6.34. The molecule has 0 aromatic carbocycles. The van der Waals surface area contributed by atoms with E-state index in [0.717, 1.165) is 38.8 Å². The summed E-state index contributed by atoms with van der Waals surface area (Å²) >= 11 is 1.87. The molecule has 1 aromatic heterocycles. The van der Waals surface area contributed by atoms with E-state index in [-0.39, 0.29) is 5.60 Å². The first-order chi connectivity index (χ1) is 9.71. The molecular weight excluding hydrogens is 270 g/mol. The van der Waals surface area contributed by atoms with Crippen LogP contribution in [0.5, 0.6) is 0 Å². The Balaban J connectivity index is 1.49. The fraction of sp³-hybridized carbons (Fsp3) is 0.750. The molecule has 0 N–H and O–H groups in total. The molecule has 20 heavy (non-hydrogen) atoms. The van der Waals surface area contributed by atoms with Crippen molar-refractivity contribution in [3.8, 4) is 0 Å². The highest BCUT2D eigenvalue weighted by atomic mass is 32.1. The van der Waals surface area contributed by atoms with Crippen LogP contribution in [0.25, 0.3) is 0 Å². The molecule has 1 atom stereocenters. The Morgan fingerprint density at radius 3 is 3.05 bits per heavy atom. The normalized spacial score (nSPS) is 25.8. The third kappa shape index (κ3) is 3.08.